The molecule has 0 amide bonds. The monoisotopic (exact) mass is 351 g/mol. The molecule has 4 heterocycles. The molecule has 5 rings (SSSR count). The SMILES string of the molecule is O=c1c(=Cc2ccc(N3CCCCC3)o2)sc2nc3ccccc3n12. The molecule has 0 bridgehead atoms. The van der Waals surface area contributed by atoms with E-state index in [-0.39, 0.29) is 5.56 Å². The minimum Gasteiger partial charge on any atom is -0.441 e. The van der Waals surface area contributed by atoms with Crippen molar-refractivity contribution in [3.05, 3.63) is 57.0 Å². The number of fused-ring (bicyclic) bond motifs is 3. The highest BCUT2D eigenvalue weighted by Gasteiger charge is 2.15. The van der Waals surface area contributed by atoms with E-state index in [0.29, 0.717) is 10.3 Å². The molecule has 1 aliphatic rings. The lowest BCUT2D eigenvalue weighted by molar-refractivity contribution is 0.496. The third kappa shape index (κ3) is 2.44. The van der Waals surface area contributed by atoms with Crippen LogP contribution in [-0.4, -0.2) is 22.5 Å². The van der Waals surface area contributed by atoms with Crippen molar-refractivity contribution in [3.63, 3.8) is 0 Å². The van der Waals surface area contributed by atoms with Gasteiger partial charge in [0.25, 0.3) is 5.56 Å². The van der Waals surface area contributed by atoms with Gasteiger partial charge >= 0.3 is 0 Å². The molecule has 0 radical (unpaired) electrons. The van der Waals surface area contributed by atoms with Crippen molar-refractivity contribution in [1.29, 1.82) is 0 Å². The minimum absolute atomic E-state index is 0.0374. The molecule has 1 fully saturated rings. The van der Waals surface area contributed by atoms with Gasteiger partial charge in [0, 0.05) is 25.2 Å². The number of imidazole rings is 1. The average molecular weight is 351 g/mol. The molecule has 0 spiro atoms. The number of furan rings is 1. The Hall–Kier alpha value is -2.60. The van der Waals surface area contributed by atoms with Crippen LogP contribution in [0.3, 0.4) is 0 Å². The summed E-state index contributed by atoms with van der Waals surface area (Å²) in [4.78, 5) is 20.3. The van der Waals surface area contributed by atoms with Gasteiger partial charge in [-0.15, -0.1) is 0 Å². The van der Waals surface area contributed by atoms with Crippen LogP contribution in [0.1, 0.15) is 25.0 Å². The van der Waals surface area contributed by atoms with Crippen LogP contribution >= 0.6 is 11.3 Å². The Morgan fingerprint density at radius 2 is 1.92 bits per heavy atom. The second-order valence-electron chi connectivity index (χ2n) is 6.36. The van der Waals surface area contributed by atoms with Crippen LogP contribution < -0.4 is 15.0 Å². The first-order chi connectivity index (χ1) is 12.3. The van der Waals surface area contributed by atoms with Crippen LogP contribution in [-0.2, 0) is 0 Å². The molecule has 5 nitrogen and oxygen atoms in total. The molecule has 6 heteroatoms. The van der Waals surface area contributed by atoms with Gasteiger partial charge in [0.2, 0.25) is 0 Å². The van der Waals surface area contributed by atoms with Crippen molar-refractivity contribution >= 4 is 39.3 Å². The first-order valence-corrected chi connectivity index (χ1v) is 9.38. The van der Waals surface area contributed by atoms with Crippen LogP contribution in [0.25, 0.3) is 22.1 Å². The highest BCUT2D eigenvalue weighted by molar-refractivity contribution is 7.15. The number of hydrogen-bond acceptors (Lipinski definition) is 5. The van der Waals surface area contributed by atoms with Gasteiger partial charge in [-0.3, -0.25) is 4.79 Å². The molecule has 1 aromatic carbocycles. The summed E-state index contributed by atoms with van der Waals surface area (Å²) in [5, 5.41) is 0. The summed E-state index contributed by atoms with van der Waals surface area (Å²) in [5.41, 5.74) is 1.67. The fourth-order valence-corrected chi connectivity index (χ4v) is 4.41. The van der Waals surface area contributed by atoms with Crippen molar-refractivity contribution in [2.24, 2.45) is 0 Å². The van der Waals surface area contributed by atoms with E-state index in [1.165, 1.54) is 30.6 Å². The largest absolute Gasteiger partial charge is 0.441 e. The number of nitrogens with zero attached hydrogens (tertiary/aromatic N) is 3. The van der Waals surface area contributed by atoms with Crippen LogP contribution in [0.4, 0.5) is 5.88 Å². The third-order valence-electron chi connectivity index (χ3n) is 4.70. The molecule has 126 valence electrons. The van der Waals surface area contributed by atoms with E-state index in [9.17, 15) is 4.79 Å². The van der Waals surface area contributed by atoms with Gasteiger partial charge in [-0.05, 0) is 37.5 Å². The summed E-state index contributed by atoms with van der Waals surface area (Å²) in [5.74, 6) is 1.61. The maximum Gasteiger partial charge on any atom is 0.275 e. The maximum absolute atomic E-state index is 12.8. The summed E-state index contributed by atoms with van der Waals surface area (Å²) in [6, 6.07) is 11.6. The molecule has 1 saturated heterocycles. The molecule has 0 aliphatic carbocycles. The first-order valence-electron chi connectivity index (χ1n) is 8.56. The number of rotatable bonds is 2. The van der Waals surface area contributed by atoms with E-state index >= 15 is 0 Å². The van der Waals surface area contributed by atoms with E-state index in [4.69, 9.17) is 4.42 Å². The Kier molecular flexibility index (Phi) is 3.38. The lowest BCUT2D eigenvalue weighted by Crippen LogP contribution is -2.28. The van der Waals surface area contributed by atoms with Gasteiger partial charge in [0.1, 0.15) is 10.3 Å². The summed E-state index contributed by atoms with van der Waals surface area (Å²) < 4.78 is 8.28. The van der Waals surface area contributed by atoms with Crippen molar-refractivity contribution in [3.8, 4) is 0 Å². The van der Waals surface area contributed by atoms with Crippen molar-refractivity contribution in [1.82, 2.24) is 9.38 Å². The van der Waals surface area contributed by atoms with Gasteiger partial charge < -0.3 is 9.32 Å². The lowest BCUT2D eigenvalue weighted by Gasteiger charge is -2.25. The zero-order valence-electron chi connectivity index (χ0n) is 13.6. The fourth-order valence-electron chi connectivity index (χ4n) is 3.45. The topological polar surface area (TPSA) is 50.8 Å². The summed E-state index contributed by atoms with van der Waals surface area (Å²) >= 11 is 1.40. The Morgan fingerprint density at radius 3 is 2.80 bits per heavy atom. The number of benzene rings is 1. The molecule has 0 unspecified atom stereocenters. The lowest BCUT2D eigenvalue weighted by atomic mass is 10.1. The zero-order chi connectivity index (χ0) is 16.8. The number of para-hydroxylation sites is 2. The predicted octanol–water partition coefficient (Wildman–Crippen LogP) is 3.04. The number of anilines is 1. The first kappa shape index (κ1) is 14.7. The number of piperidine rings is 1. The molecule has 3 aromatic heterocycles. The van der Waals surface area contributed by atoms with Crippen LogP contribution in [0.5, 0.6) is 0 Å². The molecular weight excluding hydrogens is 334 g/mol. The average Bonchev–Trinajstić information content (AvgIpc) is 3.32. The normalized spacial score (nSPS) is 16.3. The zero-order valence-corrected chi connectivity index (χ0v) is 14.5. The summed E-state index contributed by atoms with van der Waals surface area (Å²) in [7, 11) is 0. The highest BCUT2D eigenvalue weighted by atomic mass is 32.1. The van der Waals surface area contributed by atoms with E-state index in [2.05, 4.69) is 9.88 Å². The molecule has 4 aromatic rings. The molecule has 0 saturated carbocycles. The standard InChI is InChI=1S/C19H17N3O2S/c23-18-16(25-19-20-14-6-2-3-7-15(14)22(18)19)12-13-8-9-17(24-13)21-10-4-1-5-11-21/h2-3,6-9,12H,1,4-5,10-11H2. The second-order valence-corrected chi connectivity index (χ2v) is 7.37. The van der Waals surface area contributed by atoms with Crippen molar-refractivity contribution < 1.29 is 4.42 Å². The quantitative estimate of drug-likeness (QED) is 0.557. The van der Waals surface area contributed by atoms with Gasteiger partial charge in [-0.25, -0.2) is 9.38 Å². The summed E-state index contributed by atoms with van der Waals surface area (Å²) in [6.07, 6.45) is 5.53. The molecule has 0 atom stereocenters. The maximum atomic E-state index is 12.8. The van der Waals surface area contributed by atoms with E-state index in [0.717, 1.165) is 35.0 Å². The molecule has 1 aliphatic heterocycles. The number of hydrogen-bond donors (Lipinski definition) is 0. The van der Waals surface area contributed by atoms with Gasteiger partial charge in [0.05, 0.1) is 11.0 Å². The Labute approximate surface area is 147 Å². The van der Waals surface area contributed by atoms with E-state index < -0.39 is 0 Å². The molecule has 0 N–H and O–H groups in total. The van der Waals surface area contributed by atoms with Crippen LogP contribution in [0.15, 0.2) is 45.6 Å². The summed E-state index contributed by atoms with van der Waals surface area (Å²) in [6.45, 7) is 2.08. The minimum atomic E-state index is -0.0374. The van der Waals surface area contributed by atoms with Crippen molar-refractivity contribution in [2.45, 2.75) is 19.3 Å². The predicted molar refractivity (Wildman–Crippen MR) is 100 cm³/mol. The van der Waals surface area contributed by atoms with E-state index in [1.54, 1.807) is 4.40 Å². The van der Waals surface area contributed by atoms with Gasteiger partial charge in [-0.1, -0.05) is 23.5 Å². The fraction of sp³-hybridized carbons (Fsp3) is 0.263. The highest BCUT2D eigenvalue weighted by Crippen LogP contribution is 2.23. The Morgan fingerprint density at radius 1 is 1.08 bits per heavy atom. The van der Waals surface area contributed by atoms with Gasteiger partial charge in [0.15, 0.2) is 10.8 Å². The van der Waals surface area contributed by atoms with Crippen LogP contribution in [0.2, 0.25) is 0 Å². The molecular formula is C19H17N3O2S. The number of thiazole rings is 1. The van der Waals surface area contributed by atoms with Crippen molar-refractivity contribution in [2.75, 3.05) is 18.0 Å². The molecule has 25 heavy (non-hydrogen) atoms. The smallest absolute Gasteiger partial charge is 0.275 e. The Balaban J connectivity index is 1.57. The van der Waals surface area contributed by atoms with Gasteiger partial charge in [-0.2, -0.15) is 0 Å². The van der Waals surface area contributed by atoms with Crippen LogP contribution in [0, 0.1) is 0 Å². The third-order valence-corrected chi connectivity index (χ3v) is 5.67. The Bertz CT molecular complexity index is 1160. The second kappa shape index (κ2) is 5.74. The van der Waals surface area contributed by atoms with E-state index in [1.807, 2.05) is 42.5 Å². The number of aromatic nitrogens is 2.